The van der Waals surface area contributed by atoms with Gasteiger partial charge in [-0.15, -0.1) is 0 Å². The Morgan fingerprint density at radius 3 is 2.81 bits per heavy atom. The van der Waals surface area contributed by atoms with Crippen LogP contribution in [0.15, 0.2) is 36.4 Å². The highest BCUT2D eigenvalue weighted by Crippen LogP contribution is 2.27. The Balaban J connectivity index is 2.03. The molecule has 0 fully saturated rings. The summed E-state index contributed by atoms with van der Waals surface area (Å²) in [6.45, 7) is 2.04. The number of hydrogen-bond acceptors (Lipinski definition) is 2. The summed E-state index contributed by atoms with van der Waals surface area (Å²) in [5.74, 6) is -0.299. The van der Waals surface area contributed by atoms with Gasteiger partial charge in [-0.2, -0.15) is 0 Å². The normalized spacial score (nSPS) is 20.8. The number of rotatable bonds is 5. The molecule has 1 N–H and O–H groups in total. The quantitative estimate of drug-likeness (QED) is 0.846. The molecule has 2 atom stereocenters. The number of methoxy groups -OCH3 is 1. The van der Waals surface area contributed by atoms with Crippen LogP contribution in [0.5, 0.6) is 0 Å². The number of benzene rings is 1. The van der Waals surface area contributed by atoms with Crippen molar-refractivity contribution in [3.63, 3.8) is 0 Å². The molecule has 1 aliphatic carbocycles. The van der Waals surface area contributed by atoms with E-state index in [-0.39, 0.29) is 24.2 Å². The summed E-state index contributed by atoms with van der Waals surface area (Å²) in [5, 5.41) is 2.91. The molecule has 0 saturated heterocycles. The molecule has 1 amide bonds. The van der Waals surface area contributed by atoms with Gasteiger partial charge in [0.15, 0.2) is 0 Å². The Kier molecular flexibility index (Phi) is 5.12. The molecule has 4 heteroatoms. The van der Waals surface area contributed by atoms with Gasteiger partial charge in [0.2, 0.25) is 5.91 Å². The van der Waals surface area contributed by atoms with Gasteiger partial charge >= 0.3 is 0 Å². The Labute approximate surface area is 125 Å². The molecule has 1 aliphatic rings. The lowest BCUT2D eigenvalue weighted by Crippen LogP contribution is -2.43. The van der Waals surface area contributed by atoms with Crippen LogP contribution in [0.1, 0.15) is 31.7 Å². The van der Waals surface area contributed by atoms with Gasteiger partial charge in [0.1, 0.15) is 11.4 Å². The minimum atomic E-state index is -0.870. The average Bonchev–Trinajstić information content (AvgIpc) is 2.53. The number of allylic oxidation sites excluding steroid dienone is 2. The predicted molar refractivity (Wildman–Crippen MR) is 80.3 cm³/mol. The van der Waals surface area contributed by atoms with E-state index in [2.05, 4.69) is 11.4 Å². The number of amides is 1. The second kappa shape index (κ2) is 6.85. The van der Waals surface area contributed by atoms with Crippen LogP contribution in [0.4, 0.5) is 4.39 Å². The zero-order chi connectivity index (χ0) is 15.3. The molecule has 3 nitrogen and oxygen atoms in total. The van der Waals surface area contributed by atoms with E-state index in [1.807, 2.05) is 6.08 Å². The van der Waals surface area contributed by atoms with Crippen molar-refractivity contribution in [1.82, 2.24) is 5.32 Å². The first-order valence-corrected chi connectivity index (χ1v) is 7.29. The topological polar surface area (TPSA) is 38.3 Å². The maximum Gasteiger partial charge on any atom is 0.223 e. The molecule has 0 bridgehead atoms. The van der Waals surface area contributed by atoms with E-state index in [1.54, 1.807) is 25.1 Å². The van der Waals surface area contributed by atoms with Gasteiger partial charge < -0.3 is 10.1 Å². The third-order valence-corrected chi connectivity index (χ3v) is 4.13. The van der Waals surface area contributed by atoms with Crippen LogP contribution in [0.3, 0.4) is 0 Å². The van der Waals surface area contributed by atoms with Gasteiger partial charge in [0.25, 0.3) is 0 Å². The zero-order valence-corrected chi connectivity index (χ0v) is 12.6. The molecule has 2 unspecified atom stereocenters. The summed E-state index contributed by atoms with van der Waals surface area (Å²) in [5.41, 5.74) is -0.415. The number of nitrogens with one attached hydrogen (secondary N) is 1. The van der Waals surface area contributed by atoms with Crippen molar-refractivity contribution in [1.29, 1.82) is 0 Å². The van der Waals surface area contributed by atoms with Crippen molar-refractivity contribution in [3.05, 3.63) is 47.8 Å². The fraction of sp³-hybridized carbons (Fsp3) is 0.471. The van der Waals surface area contributed by atoms with E-state index in [0.717, 1.165) is 19.3 Å². The Morgan fingerprint density at radius 1 is 1.43 bits per heavy atom. The highest BCUT2D eigenvalue weighted by atomic mass is 19.1. The number of carbonyl (C=O) groups is 1. The van der Waals surface area contributed by atoms with Gasteiger partial charge in [-0.1, -0.05) is 30.4 Å². The van der Waals surface area contributed by atoms with Crippen LogP contribution < -0.4 is 5.32 Å². The summed E-state index contributed by atoms with van der Waals surface area (Å²) in [4.78, 5) is 12.2. The Hall–Kier alpha value is -1.68. The summed E-state index contributed by atoms with van der Waals surface area (Å²) >= 11 is 0. The highest BCUT2D eigenvalue weighted by Gasteiger charge is 2.30. The first-order chi connectivity index (χ1) is 10.1. The van der Waals surface area contributed by atoms with E-state index >= 15 is 0 Å². The standard InChI is InChI=1S/C17H22FNO2/c1-17(21-2,14-10-6-7-11-15(14)18)12-19-16(20)13-8-4-3-5-9-13/h3-4,6-7,10-11,13H,5,8-9,12H2,1-2H3,(H,19,20). The van der Waals surface area contributed by atoms with Gasteiger partial charge in [0, 0.05) is 18.6 Å². The van der Waals surface area contributed by atoms with Crippen molar-refractivity contribution in [2.24, 2.45) is 5.92 Å². The van der Waals surface area contributed by atoms with Crippen LogP contribution >= 0.6 is 0 Å². The molecular formula is C17H22FNO2. The molecule has 0 heterocycles. The lowest BCUT2D eigenvalue weighted by Gasteiger charge is -2.30. The minimum Gasteiger partial charge on any atom is -0.372 e. The largest absolute Gasteiger partial charge is 0.372 e. The molecule has 0 saturated carbocycles. The number of halogens is 1. The Bertz CT molecular complexity index is 529. The van der Waals surface area contributed by atoms with Crippen molar-refractivity contribution < 1.29 is 13.9 Å². The fourth-order valence-electron chi connectivity index (χ4n) is 2.60. The smallest absolute Gasteiger partial charge is 0.223 e. The van der Waals surface area contributed by atoms with Crippen LogP contribution in [0, 0.1) is 11.7 Å². The summed E-state index contributed by atoms with van der Waals surface area (Å²) in [6.07, 6.45) is 6.72. The second-order valence-electron chi connectivity index (χ2n) is 5.61. The third kappa shape index (κ3) is 3.70. The van der Waals surface area contributed by atoms with E-state index in [0.29, 0.717) is 5.56 Å². The number of ether oxygens (including phenoxy) is 1. The molecular weight excluding hydrogens is 269 g/mol. The first kappa shape index (κ1) is 15.7. The molecule has 1 aromatic carbocycles. The van der Waals surface area contributed by atoms with E-state index < -0.39 is 5.60 Å². The maximum atomic E-state index is 13.9. The molecule has 0 aromatic heterocycles. The summed E-state index contributed by atoms with van der Waals surface area (Å²) < 4.78 is 19.4. The molecule has 1 aromatic rings. The second-order valence-corrected chi connectivity index (χ2v) is 5.61. The summed E-state index contributed by atoms with van der Waals surface area (Å²) in [7, 11) is 1.53. The van der Waals surface area contributed by atoms with Gasteiger partial charge in [-0.25, -0.2) is 4.39 Å². The lowest BCUT2D eigenvalue weighted by molar-refractivity contribution is -0.126. The van der Waals surface area contributed by atoms with Gasteiger partial charge in [-0.3, -0.25) is 4.79 Å². The van der Waals surface area contributed by atoms with Crippen molar-refractivity contribution >= 4 is 5.91 Å². The molecule has 0 radical (unpaired) electrons. The third-order valence-electron chi connectivity index (χ3n) is 4.13. The van der Waals surface area contributed by atoms with Crippen LogP contribution in [-0.2, 0) is 15.1 Å². The zero-order valence-electron chi connectivity index (χ0n) is 12.6. The lowest BCUT2D eigenvalue weighted by atomic mass is 9.92. The molecule has 114 valence electrons. The molecule has 0 spiro atoms. The van der Waals surface area contributed by atoms with Gasteiger partial charge in [-0.05, 0) is 32.3 Å². The van der Waals surface area contributed by atoms with Crippen LogP contribution in [0.25, 0.3) is 0 Å². The molecule has 0 aliphatic heterocycles. The van der Waals surface area contributed by atoms with Crippen LogP contribution in [0.2, 0.25) is 0 Å². The average molecular weight is 291 g/mol. The van der Waals surface area contributed by atoms with Crippen molar-refractivity contribution in [3.8, 4) is 0 Å². The highest BCUT2D eigenvalue weighted by molar-refractivity contribution is 5.79. The van der Waals surface area contributed by atoms with Crippen molar-refractivity contribution in [2.45, 2.75) is 31.8 Å². The molecule has 2 rings (SSSR count). The van der Waals surface area contributed by atoms with Gasteiger partial charge in [0.05, 0.1) is 6.54 Å². The first-order valence-electron chi connectivity index (χ1n) is 7.29. The minimum absolute atomic E-state index is 0.0109. The fourth-order valence-corrected chi connectivity index (χ4v) is 2.60. The predicted octanol–water partition coefficient (Wildman–Crippen LogP) is 3.16. The maximum absolute atomic E-state index is 13.9. The van der Waals surface area contributed by atoms with Crippen LogP contribution in [-0.4, -0.2) is 19.6 Å². The number of hydrogen-bond donors (Lipinski definition) is 1. The Morgan fingerprint density at radius 2 is 2.19 bits per heavy atom. The van der Waals surface area contributed by atoms with E-state index in [1.165, 1.54) is 13.2 Å². The SMILES string of the molecule is COC(C)(CNC(=O)C1CC=CCC1)c1ccccc1F. The molecule has 21 heavy (non-hydrogen) atoms. The number of carbonyl (C=O) groups excluding carboxylic acids is 1. The van der Waals surface area contributed by atoms with E-state index in [4.69, 9.17) is 4.74 Å². The monoisotopic (exact) mass is 291 g/mol. The summed E-state index contributed by atoms with van der Waals surface area (Å²) in [6, 6.07) is 6.50. The van der Waals surface area contributed by atoms with Crippen molar-refractivity contribution in [2.75, 3.05) is 13.7 Å². The van der Waals surface area contributed by atoms with E-state index in [9.17, 15) is 9.18 Å².